The molecule has 1 aromatic carbocycles. The van der Waals surface area contributed by atoms with Crippen molar-refractivity contribution in [3.8, 4) is 0 Å². The molecule has 8 heteroatoms. The van der Waals surface area contributed by atoms with Crippen LogP contribution in [0.4, 0.5) is 0 Å². The molecule has 0 aromatic heterocycles. The van der Waals surface area contributed by atoms with E-state index in [1.165, 1.54) is 4.90 Å². The average molecular weight is 370 g/mol. The van der Waals surface area contributed by atoms with Crippen molar-refractivity contribution in [3.63, 3.8) is 0 Å². The number of carbonyl (C=O) groups excluding carboxylic acids is 3. The standard InChI is InChI=1S/C16H17Cl2N3O3/c1-9-14(22)21-4-3-20(8-13(21)16(24)19(9)2)15(23)10-5-11(17)7-12(18)6-10/h5-7,9,13H,3-4,8H2,1-2H3/t9-,13+/m0/s1. The Kier molecular flexibility index (Phi) is 4.44. The van der Waals surface area contributed by atoms with Crippen molar-refractivity contribution in [1.29, 1.82) is 0 Å². The summed E-state index contributed by atoms with van der Waals surface area (Å²) in [5.41, 5.74) is 0.372. The molecule has 0 bridgehead atoms. The van der Waals surface area contributed by atoms with Gasteiger partial charge < -0.3 is 14.7 Å². The van der Waals surface area contributed by atoms with E-state index >= 15 is 0 Å². The number of piperazine rings is 2. The highest BCUT2D eigenvalue weighted by atomic mass is 35.5. The molecule has 2 heterocycles. The molecule has 1 aromatic rings. The Morgan fingerprint density at radius 2 is 1.71 bits per heavy atom. The van der Waals surface area contributed by atoms with Gasteiger partial charge in [-0.3, -0.25) is 14.4 Å². The quantitative estimate of drug-likeness (QED) is 0.753. The van der Waals surface area contributed by atoms with Crippen molar-refractivity contribution >= 4 is 40.9 Å². The van der Waals surface area contributed by atoms with Crippen LogP contribution in [-0.2, 0) is 9.59 Å². The zero-order chi connectivity index (χ0) is 17.6. The van der Waals surface area contributed by atoms with Gasteiger partial charge in [0.1, 0.15) is 12.1 Å². The molecule has 2 saturated heterocycles. The maximum Gasteiger partial charge on any atom is 0.254 e. The second kappa shape index (κ2) is 6.26. The van der Waals surface area contributed by atoms with Gasteiger partial charge in [0.2, 0.25) is 11.8 Å². The summed E-state index contributed by atoms with van der Waals surface area (Å²) >= 11 is 11.9. The number of hydrogen-bond acceptors (Lipinski definition) is 3. The van der Waals surface area contributed by atoms with E-state index in [4.69, 9.17) is 23.2 Å². The van der Waals surface area contributed by atoms with E-state index in [0.717, 1.165) is 0 Å². The molecule has 24 heavy (non-hydrogen) atoms. The van der Waals surface area contributed by atoms with Gasteiger partial charge in [-0.1, -0.05) is 23.2 Å². The summed E-state index contributed by atoms with van der Waals surface area (Å²) in [5, 5.41) is 0.754. The monoisotopic (exact) mass is 369 g/mol. The van der Waals surface area contributed by atoms with E-state index in [1.54, 1.807) is 42.0 Å². The summed E-state index contributed by atoms with van der Waals surface area (Å²) in [6, 6.07) is 3.54. The Bertz CT molecular complexity index is 704. The van der Waals surface area contributed by atoms with Gasteiger partial charge >= 0.3 is 0 Å². The molecule has 0 radical (unpaired) electrons. The fourth-order valence-corrected chi connectivity index (χ4v) is 3.66. The molecular weight excluding hydrogens is 353 g/mol. The molecule has 2 fully saturated rings. The number of hydrogen-bond donors (Lipinski definition) is 0. The van der Waals surface area contributed by atoms with Crippen molar-refractivity contribution in [1.82, 2.24) is 14.7 Å². The lowest BCUT2D eigenvalue weighted by Gasteiger charge is -2.47. The van der Waals surface area contributed by atoms with E-state index in [9.17, 15) is 14.4 Å². The van der Waals surface area contributed by atoms with Gasteiger partial charge in [-0.2, -0.15) is 0 Å². The summed E-state index contributed by atoms with van der Waals surface area (Å²) in [6.07, 6.45) is 0. The molecular formula is C16H17Cl2N3O3. The second-order valence-electron chi connectivity index (χ2n) is 6.08. The number of fused-ring (bicyclic) bond motifs is 1. The average Bonchev–Trinajstić information content (AvgIpc) is 2.56. The van der Waals surface area contributed by atoms with Crippen molar-refractivity contribution in [3.05, 3.63) is 33.8 Å². The van der Waals surface area contributed by atoms with Gasteiger partial charge in [0.25, 0.3) is 5.91 Å². The lowest BCUT2D eigenvalue weighted by molar-refractivity contribution is -0.162. The molecule has 6 nitrogen and oxygen atoms in total. The van der Waals surface area contributed by atoms with Gasteiger partial charge in [-0.25, -0.2) is 0 Å². The first kappa shape index (κ1) is 17.0. The minimum Gasteiger partial charge on any atom is -0.334 e. The summed E-state index contributed by atoms with van der Waals surface area (Å²) in [5.74, 6) is -0.482. The van der Waals surface area contributed by atoms with Crippen LogP contribution in [0.3, 0.4) is 0 Å². The van der Waals surface area contributed by atoms with Crippen LogP contribution in [0.1, 0.15) is 17.3 Å². The normalized spacial score (nSPS) is 24.2. The van der Waals surface area contributed by atoms with Gasteiger partial charge in [0, 0.05) is 35.7 Å². The largest absolute Gasteiger partial charge is 0.334 e. The first-order valence-electron chi connectivity index (χ1n) is 7.62. The van der Waals surface area contributed by atoms with E-state index < -0.39 is 12.1 Å². The highest BCUT2D eigenvalue weighted by Crippen LogP contribution is 2.24. The van der Waals surface area contributed by atoms with E-state index in [-0.39, 0.29) is 24.3 Å². The number of nitrogens with zero attached hydrogens (tertiary/aromatic N) is 3. The highest BCUT2D eigenvalue weighted by molar-refractivity contribution is 6.35. The third kappa shape index (κ3) is 2.84. The Hall–Kier alpha value is -1.79. The SMILES string of the molecule is C[C@H]1C(=O)N2CCN(C(=O)c3cc(Cl)cc(Cl)c3)C[C@@H]2C(=O)N1C. The Labute approximate surface area is 149 Å². The van der Waals surface area contributed by atoms with Crippen molar-refractivity contribution in [2.75, 3.05) is 26.7 Å². The van der Waals surface area contributed by atoms with E-state index in [0.29, 0.717) is 28.7 Å². The number of halogens is 2. The van der Waals surface area contributed by atoms with Crippen LogP contribution in [0, 0.1) is 0 Å². The van der Waals surface area contributed by atoms with Crippen LogP contribution in [0.5, 0.6) is 0 Å². The molecule has 2 aliphatic heterocycles. The van der Waals surface area contributed by atoms with Crippen LogP contribution in [0.25, 0.3) is 0 Å². The molecule has 2 atom stereocenters. The Morgan fingerprint density at radius 1 is 1.08 bits per heavy atom. The van der Waals surface area contributed by atoms with Crippen molar-refractivity contribution < 1.29 is 14.4 Å². The summed E-state index contributed by atoms with van der Waals surface area (Å²) in [6.45, 7) is 2.59. The number of amides is 3. The predicted octanol–water partition coefficient (Wildman–Crippen LogP) is 1.51. The zero-order valence-corrected chi connectivity index (χ0v) is 14.8. The summed E-state index contributed by atoms with van der Waals surface area (Å²) in [4.78, 5) is 42.1. The number of benzene rings is 1. The van der Waals surface area contributed by atoms with Gasteiger partial charge in [0.05, 0.1) is 6.54 Å². The predicted molar refractivity (Wildman–Crippen MR) is 90.1 cm³/mol. The lowest BCUT2D eigenvalue weighted by Crippen LogP contribution is -2.69. The molecule has 3 rings (SSSR count). The molecule has 128 valence electrons. The number of likely N-dealkylation sites (N-methyl/N-ethyl adjacent to an activating group) is 1. The second-order valence-corrected chi connectivity index (χ2v) is 6.95. The fourth-order valence-electron chi connectivity index (χ4n) is 3.13. The fraction of sp³-hybridized carbons (Fsp3) is 0.438. The topological polar surface area (TPSA) is 60.9 Å². The third-order valence-electron chi connectivity index (χ3n) is 4.63. The Morgan fingerprint density at radius 3 is 2.33 bits per heavy atom. The molecule has 0 spiro atoms. The van der Waals surface area contributed by atoms with Crippen LogP contribution in [0.2, 0.25) is 10.0 Å². The minimum atomic E-state index is -0.633. The highest BCUT2D eigenvalue weighted by Gasteiger charge is 2.45. The lowest BCUT2D eigenvalue weighted by atomic mass is 10.0. The number of rotatable bonds is 1. The van der Waals surface area contributed by atoms with Crippen molar-refractivity contribution in [2.45, 2.75) is 19.0 Å². The summed E-state index contributed by atoms with van der Waals surface area (Å²) < 4.78 is 0. The van der Waals surface area contributed by atoms with Crippen LogP contribution in [-0.4, -0.2) is 71.2 Å². The molecule has 0 N–H and O–H groups in total. The zero-order valence-electron chi connectivity index (χ0n) is 13.3. The Balaban J connectivity index is 1.82. The van der Waals surface area contributed by atoms with Gasteiger partial charge in [0.15, 0.2) is 0 Å². The maximum absolute atomic E-state index is 12.7. The smallest absolute Gasteiger partial charge is 0.254 e. The number of carbonyl (C=O) groups is 3. The van der Waals surface area contributed by atoms with E-state index in [1.807, 2.05) is 0 Å². The van der Waals surface area contributed by atoms with Crippen LogP contribution < -0.4 is 0 Å². The van der Waals surface area contributed by atoms with Crippen LogP contribution >= 0.6 is 23.2 Å². The first-order valence-corrected chi connectivity index (χ1v) is 8.37. The maximum atomic E-state index is 12.7. The minimum absolute atomic E-state index is 0.0833. The third-order valence-corrected chi connectivity index (χ3v) is 5.07. The van der Waals surface area contributed by atoms with Crippen molar-refractivity contribution in [2.24, 2.45) is 0 Å². The van der Waals surface area contributed by atoms with E-state index in [2.05, 4.69) is 0 Å². The first-order chi connectivity index (χ1) is 11.3. The molecule has 0 saturated carbocycles. The van der Waals surface area contributed by atoms with Crippen LogP contribution in [0.15, 0.2) is 18.2 Å². The van der Waals surface area contributed by atoms with Gasteiger partial charge in [-0.05, 0) is 25.1 Å². The molecule has 0 unspecified atom stereocenters. The molecule has 3 amide bonds. The summed E-state index contributed by atoms with van der Waals surface area (Å²) in [7, 11) is 1.61. The van der Waals surface area contributed by atoms with Gasteiger partial charge in [-0.15, -0.1) is 0 Å². The molecule has 0 aliphatic carbocycles. The molecule has 2 aliphatic rings.